The number of ether oxygens (including phenoxy) is 1. The maximum absolute atomic E-state index is 13.1. The average Bonchev–Trinajstić information content (AvgIpc) is 3.21. The molecule has 1 aliphatic heterocycles. The molecule has 33 heavy (non-hydrogen) atoms. The minimum Gasteiger partial charge on any atom is -0.461 e. The number of aromatic nitrogens is 4. The van der Waals surface area contributed by atoms with Crippen LogP contribution in [0.4, 0.5) is 32.2 Å². The van der Waals surface area contributed by atoms with Crippen molar-refractivity contribution in [2.45, 2.75) is 31.8 Å². The predicted octanol–water partition coefficient (Wildman–Crippen LogP) is 4.12. The van der Waals surface area contributed by atoms with Crippen LogP contribution in [0.15, 0.2) is 36.4 Å². The molecule has 0 aliphatic carbocycles. The number of alkyl halides is 6. The van der Waals surface area contributed by atoms with Gasteiger partial charge in [-0.15, -0.1) is 15.3 Å². The second-order valence-corrected chi connectivity index (χ2v) is 7.55. The van der Waals surface area contributed by atoms with E-state index in [1.807, 2.05) is 0 Å². The third-order valence-electron chi connectivity index (χ3n) is 5.32. The number of carbonyl (C=O) groups is 1. The van der Waals surface area contributed by atoms with Crippen LogP contribution in [0.3, 0.4) is 0 Å². The zero-order valence-corrected chi connectivity index (χ0v) is 16.9. The zero-order valence-electron chi connectivity index (χ0n) is 16.9. The fourth-order valence-corrected chi connectivity index (χ4v) is 3.53. The van der Waals surface area contributed by atoms with Crippen LogP contribution in [0.1, 0.15) is 29.8 Å². The van der Waals surface area contributed by atoms with Crippen molar-refractivity contribution in [3.05, 3.63) is 53.3 Å². The molecule has 4 rings (SSSR count). The van der Waals surface area contributed by atoms with Crippen molar-refractivity contribution in [3.63, 3.8) is 0 Å². The van der Waals surface area contributed by atoms with Gasteiger partial charge in [0.2, 0.25) is 0 Å². The topological polar surface area (TPSA) is 72.6 Å². The average molecular weight is 473 g/mol. The van der Waals surface area contributed by atoms with Crippen LogP contribution < -0.4 is 4.90 Å². The summed E-state index contributed by atoms with van der Waals surface area (Å²) in [5.74, 6) is -1.83. The number of esters is 1. The molecule has 3 aromatic rings. The highest BCUT2D eigenvalue weighted by atomic mass is 19.4. The van der Waals surface area contributed by atoms with Gasteiger partial charge in [0, 0.05) is 13.1 Å². The first-order valence-electron chi connectivity index (χ1n) is 9.90. The lowest BCUT2D eigenvalue weighted by molar-refractivity contribution is -0.150. The lowest BCUT2D eigenvalue weighted by atomic mass is 9.97. The molecular weight excluding hydrogens is 456 g/mol. The fourth-order valence-electron chi connectivity index (χ4n) is 3.53. The predicted molar refractivity (Wildman–Crippen MR) is 102 cm³/mol. The van der Waals surface area contributed by atoms with Gasteiger partial charge in [0.15, 0.2) is 5.65 Å². The van der Waals surface area contributed by atoms with E-state index in [0.717, 1.165) is 12.1 Å². The molecule has 13 heteroatoms. The molecule has 2 aromatic heterocycles. The number of hydrogen-bond acceptors (Lipinski definition) is 6. The Labute approximate surface area is 183 Å². The van der Waals surface area contributed by atoms with Gasteiger partial charge in [-0.1, -0.05) is 12.1 Å². The van der Waals surface area contributed by atoms with Crippen molar-refractivity contribution in [1.29, 1.82) is 0 Å². The molecule has 0 spiro atoms. The molecule has 1 fully saturated rings. The number of hydrogen-bond donors (Lipinski definition) is 0. The molecule has 1 aromatic carbocycles. The van der Waals surface area contributed by atoms with E-state index in [2.05, 4.69) is 15.3 Å². The lowest BCUT2D eigenvalue weighted by Crippen LogP contribution is -2.37. The first-order valence-corrected chi connectivity index (χ1v) is 9.90. The van der Waals surface area contributed by atoms with Crippen LogP contribution in [0.25, 0.3) is 5.65 Å². The van der Waals surface area contributed by atoms with Gasteiger partial charge in [0.05, 0.1) is 11.5 Å². The van der Waals surface area contributed by atoms with Crippen LogP contribution in [0, 0.1) is 5.92 Å². The van der Waals surface area contributed by atoms with Crippen LogP contribution in [0.5, 0.6) is 0 Å². The first kappa shape index (κ1) is 22.8. The summed E-state index contributed by atoms with van der Waals surface area (Å²) in [5, 5.41) is 10.6. The van der Waals surface area contributed by atoms with Gasteiger partial charge in [0.1, 0.15) is 12.4 Å². The van der Waals surface area contributed by atoms with Crippen molar-refractivity contribution < 1.29 is 35.9 Å². The minimum absolute atomic E-state index is 0.0344. The highest BCUT2D eigenvalue weighted by Crippen LogP contribution is 2.30. The van der Waals surface area contributed by atoms with Gasteiger partial charge in [-0.2, -0.15) is 30.9 Å². The van der Waals surface area contributed by atoms with Gasteiger partial charge < -0.3 is 9.64 Å². The van der Waals surface area contributed by atoms with Crippen molar-refractivity contribution in [2.75, 3.05) is 18.0 Å². The van der Waals surface area contributed by atoms with E-state index in [1.165, 1.54) is 24.3 Å². The van der Waals surface area contributed by atoms with Gasteiger partial charge in [-0.05, 0) is 42.7 Å². The normalized spacial score (nSPS) is 15.8. The minimum atomic E-state index is -4.70. The molecule has 1 saturated heterocycles. The Morgan fingerprint density at radius 2 is 1.61 bits per heavy atom. The Bertz CT molecular complexity index is 1130. The van der Waals surface area contributed by atoms with Crippen LogP contribution in [-0.4, -0.2) is 38.9 Å². The van der Waals surface area contributed by atoms with E-state index in [0.29, 0.717) is 41.8 Å². The molecule has 7 nitrogen and oxygen atoms in total. The maximum atomic E-state index is 13.1. The number of nitrogens with zero attached hydrogens (tertiary/aromatic N) is 5. The number of anilines is 1. The Hall–Kier alpha value is -3.38. The summed E-state index contributed by atoms with van der Waals surface area (Å²) in [5.41, 5.74) is -0.390. The molecule has 0 amide bonds. The van der Waals surface area contributed by atoms with Crippen LogP contribution in [-0.2, 0) is 28.5 Å². The largest absolute Gasteiger partial charge is 0.461 e. The Morgan fingerprint density at radius 3 is 2.21 bits per heavy atom. The number of piperidine rings is 1. The molecule has 0 atom stereocenters. The van der Waals surface area contributed by atoms with Crippen molar-refractivity contribution in [2.24, 2.45) is 5.92 Å². The molecule has 0 N–H and O–H groups in total. The first-order chi connectivity index (χ1) is 15.5. The molecule has 3 heterocycles. The molecule has 0 bridgehead atoms. The SMILES string of the molecule is O=C(OCc1ccc(C(F)(F)F)cc1)C1CCN(c2ccc3nnc(C(F)(F)F)n3n2)CC1. The monoisotopic (exact) mass is 473 g/mol. The summed E-state index contributed by atoms with van der Waals surface area (Å²) in [7, 11) is 0. The van der Waals surface area contributed by atoms with Gasteiger partial charge in [-0.3, -0.25) is 4.79 Å². The Kier molecular flexibility index (Phi) is 5.89. The standard InChI is InChI=1S/C20H17F6N5O2/c21-19(22,23)14-3-1-12(2-4-14)11-33-17(32)13-7-9-30(10-8-13)16-6-5-15-27-28-18(20(24,25)26)31(15)29-16/h1-6,13H,7-11H2. The van der Waals surface area contributed by atoms with E-state index in [-0.39, 0.29) is 12.3 Å². The highest BCUT2D eigenvalue weighted by molar-refractivity contribution is 5.73. The fraction of sp³-hybridized carbons (Fsp3) is 0.400. The van der Waals surface area contributed by atoms with Crippen molar-refractivity contribution >= 4 is 17.4 Å². The molecule has 0 unspecified atom stereocenters. The quantitative estimate of drug-likeness (QED) is 0.419. The maximum Gasteiger partial charge on any atom is 0.453 e. The van der Waals surface area contributed by atoms with E-state index >= 15 is 0 Å². The molecule has 1 aliphatic rings. The van der Waals surface area contributed by atoms with Crippen LogP contribution in [0.2, 0.25) is 0 Å². The summed E-state index contributed by atoms with van der Waals surface area (Å²) in [6.07, 6.45) is -8.36. The number of fused-ring (bicyclic) bond motifs is 1. The number of carbonyl (C=O) groups excluding carboxylic acids is 1. The summed E-state index contributed by atoms with van der Waals surface area (Å²) in [6, 6.07) is 7.26. The number of halogens is 6. The summed E-state index contributed by atoms with van der Waals surface area (Å²) in [4.78, 5) is 14.1. The zero-order chi connectivity index (χ0) is 23.8. The van der Waals surface area contributed by atoms with Gasteiger partial charge in [-0.25, -0.2) is 0 Å². The van der Waals surface area contributed by atoms with E-state index in [4.69, 9.17) is 4.74 Å². The molecule has 0 saturated carbocycles. The third kappa shape index (κ3) is 5.01. The van der Waals surface area contributed by atoms with Gasteiger partial charge in [0.25, 0.3) is 5.82 Å². The summed E-state index contributed by atoms with van der Waals surface area (Å²) in [6.45, 7) is 0.577. The highest BCUT2D eigenvalue weighted by Gasteiger charge is 2.38. The van der Waals surface area contributed by atoms with E-state index in [1.54, 1.807) is 4.90 Å². The lowest BCUT2D eigenvalue weighted by Gasteiger charge is -2.31. The van der Waals surface area contributed by atoms with E-state index < -0.39 is 35.6 Å². The number of rotatable bonds is 4. The van der Waals surface area contributed by atoms with Crippen molar-refractivity contribution in [3.8, 4) is 0 Å². The third-order valence-corrected chi connectivity index (χ3v) is 5.32. The molecule has 0 radical (unpaired) electrons. The summed E-state index contributed by atoms with van der Waals surface area (Å²) >= 11 is 0. The van der Waals surface area contributed by atoms with Gasteiger partial charge >= 0.3 is 18.3 Å². The summed E-state index contributed by atoms with van der Waals surface area (Å²) < 4.78 is 82.9. The Morgan fingerprint density at radius 1 is 0.939 bits per heavy atom. The smallest absolute Gasteiger partial charge is 0.453 e. The van der Waals surface area contributed by atoms with Crippen LogP contribution >= 0.6 is 0 Å². The van der Waals surface area contributed by atoms with E-state index in [9.17, 15) is 31.1 Å². The second kappa shape index (κ2) is 8.52. The Balaban J connectivity index is 1.33. The number of benzene rings is 1. The molecular formula is C20H17F6N5O2. The van der Waals surface area contributed by atoms with Crippen molar-refractivity contribution in [1.82, 2.24) is 19.8 Å². The molecule has 176 valence electrons. The second-order valence-electron chi connectivity index (χ2n) is 7.55.